The standard InChI is InChI=1S/C14H18N2O2/c1-4-9(2)10(3)16-8-15-12-6-5-11(14(17)18)7-13(12)16/h5-10H,4H2,1-3H3,(H,17,18). The minimum Gasteiger partial charge on any atom is -0.478 e. The van der Waals surface area contributed by atoms with E-state index in [1.165, 1.54) is 0 Å². The lowest BCUT2D eigenvalue weighted by molar-refractivity contribution is 0.0697. The zero-order valence-electron chi connectivity index (χ0n) is 10.9. The number of carbonyl (C=O) groups is 1. The first-order valence-corrected chi connectivity index (χ1v) is 6.24. The number of hydrogen-bond donors (Lipinski definition) is 1. The third kappa shape index (κ3) is 2.10. The quantitative estimate of drug-likeness (QED) is 0.900. The Morgan fingerprint density at radius 1 is 1.44 bits per heavy atom. The number of fused-ring (bicyclic) bond motifs is 1. The summed E-state index contributed by atoms with van der Waals surface area (Å²) in [6.07, 6.45) is 2.88. The first-order valence-electron chi connectivity index (χ1n) is 6.24. The van der Waals surface area contributed by atoms with Crippen LogP contribution < -0.4 is 0 Å². The van der Waals surface area contributed by atoms with Crippen molar-refractivity contribution in [2.75, 3.05) is 0 Å². The van der Waals surface area contributed by atoms with Crippen LogP contribution in [0.25, 0.3) is 11.0 Å². The number of imidazole rings is 1. The molecule has 2 unspecified atom stereocenters. The average molecular weight is 246 g/mol. The number of aromatic carboxylic acids is 1. The predicted octanol–water partition coefficient (Wildman–Crippen LogP) is 3.34. The molecule has 1 aromatic heterocycles. The summed E-state index contributed by atoms with van der Waals surface area (Å²) >= 11 is 0. The summed E-state index contributed by atoms with van der Waals surface area (Å²) in [4.78, 5) is 15.3. The zero-order chi connectivity index (χ0) is 13.3. The van der Waals surface area contributed by atoms with Crippen molar-refractivity contribution in [2.45, 2.75) is 33.2 Å². The molecule has 0 radical (unpaired) electrons. The molecular weight excluding hydrogens is 228 g/mol. The molecule has 2 aromatic rings. The Morgan fingerprint density at radius 2 is 2.17 bits per heavy atom. The van der Waals surface area contributed by atoms with Gasteiger partial charge in [-0.15, -0.1) is 0 Å². The van der Waals surface area contributed by atoms with Gasteiger partial charge in [-0.25, -0.2) is 9.78 Å². The minimum absolute atomic E-state index is 0.306. The van der Waals surface area contributed by atoms with Crippen LogP contribution in [0, 0.1) is 5.92 Å². The highest BCUT2D eigenvalue weighted by Crippen LogP contribution is 2.25. The van der Waals surface area contributed by atoms with Crippen molar-refractivity contribution in [1.29, 1.82) is 0 Å². The van der Waals surface area contributed by atoms with E-state index in [0.29, 0.717) is 17.5 Å². The topological polar surface area (TPSA) is 55.1 Å². The Balaban J connectivity index is 2.51. The maximum absolute atomic E-state index is 11.0. The lowest BCUT2D eigenvalue weighted by Crippen LogP contribution is -2.12. The van der Waals surface area contributed by atoms with Crippen LogP contribution in [0.4, 0.5) is 0 Å². The molecule has 4 nitrogen and oxygen atoms in total. The number of nitrogens with zero attached hydrogens (tertiary/aromatic N) is 2. The molecule has 0 fully saturated rings. The van der Waals surface area contributed by atoms with Gasteiger partial charge in [0.05, 0.1) is 22.9 Å². The SMILES string of the molecule is CCC(C)C(C)n1cnc2ccc(C(=O)O)cc21. The number of aromatic nitrogens is 2. The fourth-order valence-electron chi connectivity index (χ4n) is 2.10. The third-order valence-electron chi connectivity index (χ3n) is 3.73. The molecule has 4 heteroatoms. The molecule has 0 aliphatic carbocycles. The molecule has 0 aliphatic rings. The Kier molecular flexibility index (Phi) is 3.36. The monoisotopic (exact) mass is 246 g/mol. The number of hydrogen-bond acceptors (Lipinski definition) is 2. The van der Waals surface area contributed by atoms with Crippen molar-refractivity contribution in [3.63, 3.8) is 0 Å². The molecule has 96 valence electrons. The molecule has 0 amide bonds. The second kappa shape index (κ2) is 4.80. The summed E-state index contributed by atoms with van der Waals surface area (Å²) in [6, 6.07) is 5.36. The highest BCUT2D eigenvalue weighted by atomic mass is 16.4. The van der Waals surface area contributed by atoms with Gasteiger partial charge in [0.2, 0.25) is 0 Å². The summed E-state index contributed by atoms with van der Waals surface area (Å²) < 4.78 is 2.07. The molecule has 1 aromatic carbocycles. The van der Waals surface area contributed by atoms with Gasteiger partial charge in [-0.2, -0.15) is 0 Å². The Morgan fingerprint density at radius 3 is 2.78 bits per heavy atom. The molecule has 0 spiro atoms. The molecule has 2 atom stereocenters. The van der Waals surface area contributed by atoms with Crippen LogP contribution in [0.5, 0.6) is 0 Å². The molecule has 18 heavy (non-hydrogen) atoms. The Bertz CT molecular complexity index is 574. The maximum Gasteiger partial charge on any atom is 0.335 e. The van der Waals surface area contributed by atoms with E-state index in [2.05, 4.69) is 30.3 Å². The molecular formula is C14H18N2O2. The lowest BCUT2D eigenvalue weighted by atomic mass is 10.0. The first-order chi connectivity index (χ1) is 8.54. The Labute approximate surface area is 106 Å². The van der Waals surface area contributed by atoms with Crippen LogP contribution in [0.2, 0.25) is 0 Å². The van der Waals surface area contributed by atoms with Crippen LogP contribution in [-0.4, -0.2) is 20.6 Å². The lowest BCUT2D eigenvalue weighted by Gasteiger charge is -2.20. The van der Waals surface area contributed by atoms with E-state index in [4.69, 9.17) is 5.11 Å². The summed E-state index contributed by atoms with van der Waals surface area (Å²) in [6.45, 7) is 6.49. The van der Waals surface area contributed by atoms with Crippen molar-refractivity contribution in [3.05, 3.63) is 30.1 Å². The van der Waals surface area contributed by atoms with Crippen LogP contribution in [-0.2, 0) is 0 Å². The third-order valence-corrected chi connectivity index (χ3v) is 3.73. The van der Waals surface area contributed by atoms with Crippen molar-refractivity contribution < 1.29 is 9.90 Å². The van der Waals surface area contributed by atoms with Crippen LogP contribution in [0.1, 0.15) is 43.6 Å². The van der Waals surface area contributed by atoms with Gasteiger partial charge >= 0.3 is 5.97 Å². The molecule has 0 saturated carbocycles. The summed E-state index contributed by atoms with van der Waals surface area (Å²) in [5, 5.41) is 9.04. The summed E-state index contributed by atoms with van der Waals surface area (Å²) in [5.41, 5.74) is 2.04. The Hall–Kier alpha value is -1.84. The minimum atomic E-state index is -0.902. The van der Waals surface area contributed by atoms with E-state index >= 15 is 0 Å². The van der Waals surface area contributed by atoms with Crippen molar-refractivity contribution in [2.24, 2.45) is 5.92 Å². The maximum atomic E-state index is 11.0. The molecule has 0 saturated heterocycles. The second-order valence-corrected chi connectivity index (χ2v) is 4.79. The van der Waals surface area contributed by atoms with E-state index in [1.54, 1.807) is 24.5 Å². The van der Waals surface area contributed by atoms with E-state index in [9.17, 15) is 4.79 Å². The van der Waals surface area contributed by atoms with E-state index in [1.807, 2.05) is 0 Å². The normalized spacial score (nSPS) is 14.6. The first kappa shape index (κ1) is 12.6. The van der Waals surface area contributed by atoms with Crippen LogP contribution in [0.3, 0.4) is 0 Å². The molecule has 2 rings (SSSR count). The fourth-order valence-corrected chi connectivity index (χ4v) is 2.10. The van der Waals surface area contributed by atoms with Crippen LogP contribution >= 0.6 is 0 Å². The number of carboxylic acids is 1. The zero-order valence-corrected chi connectivity index (χ0v) is 10.9. The van der Waals surface area contributed by atoms with Gasteiger partial charge in [0.1, 0.15) is 0 Å². The highest BCUT2D eigenvalue weighted by Gasteiger charge is 2.15. The highest BCUT2D eigenvalue weighted by molar-refractivity contribution is 5.92. The molecule has 0 aliphatic heterocycles. The van der Waals surface area contributed by atoms with Gasteiger partial charge in [0, 0.05) is 6.04 Å². The molecule has 1 N–H and O–H groups in total. The number of benzene rings is 1. The fraction of sp³-hybridized carbons (Fsp3) is 0.429. The van der Waals surface area contributed by atoms with Gasteiger partial charge < -0.3 is 9.67 Å². The molecule has 0 bridgehead atoms. The summed E-state index contributed by atoms with van der Waals surface area (Å²) in [5.74, 6) is -0.378. The predicted molar refractivity (Wildman–Crippen MR) is 70.9 cm³/mol. The van der Waals surface area contributed by atoms with Gasteiger partial charge in [0.15, 0.2) is 0 Å². The largest absolute Gasteiger partial charge is 0.478 e. The smallest absolute Gasteiger partial charge is 0.335 e. The van der Waals surface area contributed by atoms with Gasteiger partial charge in [0.25, 0.3) is 0 Å². The molecule has 1 heterocycles. The van der Waals surface area contributed by atoms with Crippen molar-refractivity contribution in [3.8, 4) is 0 Å². The van der Waals surface area contributed by atoms with E-state index in [0.717, 1.165) is 17.5 Å². The number of carboxylic acid groups (broad SMARTS) is 1. The van der Waals surface area contributed by atoms with Gasteiger partial charge in [-0.3, -0.25) is 0 Å². The number of rotatable bonds is 4. The van der Waals surface area contributed by atoms with E-state index < -0.39 is 5.97 Å². The summed E-state index contributed by atoms with van der Waals surface area (Å²) in [7, 11) is 0. The van der Waals surface area contributed by atoms with Crippen molar-refractivity contribution in [1.82, 2.24) is 9.55 Å². The van der Waals surface area contributed by atoms with Crippen molar-refractivity contribution >= 4 is 17.0 Å². The van der Waals surface area contributed by atoms with Gasteiger partial charge in [-0.05, 0) is 31.0 Å². The average Bonchev–Trinajstić information content (AvgIpc) is 2.79. The van der Waals surface area contributed by atoms with Gasteiger partial charge in [-0.1, -0.05) is 20.3 Å². The van der Waals surface area contributed by atoms with Crippen LogP contribution in [0.15, 0.2) is 24.5 Å². The second-order valence-electron chi connectivity index (χ2n) is 4.79. The van der Waals surface area contributed by atoms with E-state index in [-0.39, 0.29) is 0 Å².